The molecule has 0 aliphatic carbocycles. The van der Waals surface area contributed by atoms with Gasteiger partial charge in [0.1, 0.15) is 0 Å². The highest BCUT2D eigenvalue weighted by atomic mass is 35.5. The maximum atomic E-state index is 12.8. The second-order valence-electron chi connectivity index (χ2n) is 7.60. The van der Waals surface area contributed by atoms with Crippen LogP contribution in [-0.4, -0.2) is 5.91 Å². The number of carbonyl (C=O) groups is 1. The van der Waals surface area contributed by atoms with Crippen LogP contribution < -0.4 is 10.6 Å². The topological polar surface area (TPSA) is 41.1 Å². The maximum Gasteiger partial charge on any atom is 0.261 e. The van der Waals surface area contributed by atoms with Crippen LogP contribution in [0.25, 0.3) is 0 Å². The Morgan fingerprint density at radius 3 is 2.52 bits per heavy atom. The zero-order valence-electron chi connectivity index (χ0n) is 17.3. The normalized spacial score (nSPS) is 16.6. The Hall–Kier alpha value is -2.53. The van der Waals surface area contributed by atoms with E-state index in [9.17, 15) is 4.79 Å². The van der Waals surface area contributed by atoms with E-state index in [-0.39, 0.29) is 17.2 Å². The van der Waals surface area contributed by atoms with E-state index in [0.717, 1.165) is 16.9 Å². The summed E-state index contributed by atoms with van der Waals surface area (Å²) in [6.07, 6.45) is 2.87. The van der Waals surface area contributed by atoms with Crippen molar-refractivity contribution in [2.45, 2.75) is 31.2 Å². The van der Waals surface area contributed by atoms with Crippen molar-refractivity contribution in [3.63, 3.8) is 0 Å². The molecule has 1 aliphatic heterocycles. The molecule has 1 amide bonds. The Kier molecular flexibility index (Phi) is 7.13. The summed E-state index contributed by atoms with van der Waals surface area (Å²) in [5.74, 6) is -0.104. The fourth-order valence-corrected chi connectivity index (χ4v) is 4.88. The molecule has 158 valence electrons. The lowest BCUT2D eigenvalue weighted by Gasteiger charge is -2.15. The molecule has 0 saturated carbocycles. The van der Waals surface area contributed by atoms with E-state index in [1.165, 1.54) is 11.1 Å². The van der Waals surface area contributed by atoms with Crippen LogP contribution in [0.3, 0.4) is 0 Å². The summed E-state index contributed by atoms with van der Waals surface area (Å²) in [5, 5.41) is 7.34. The number of thioether (sulfide) groups is 1. The number of halogens is 1. The highest BCUT2D eigenvalue weighted by Crippen LogP contribution is 2.44. The molecule has 0 radical (unpaired) electrons. The van der Waals surface area contributed by atoms with Crippen LogP contribution in [0.1, 0.15) is 41.3 Å². The average Bonchev–Trinajstić information content (AvgIpc) is 3.31. The van der Waals surface area contributed by atoms with E-state index >= 15 is 0 Å². The van der Waals surface area contributed by atoms with Gasteiger partial charge < -0.3 is 10.6 Å². The third-order valence-electron chi connectivity index (χ3n) is 5.37. The van der Waals surface area contributed by atoms with Crippen LogP contribution in [0.4, 0.5) is 5.69 Å². The first-order valence-corrected chi connectivity index (χ1v) is 11.7. The third-order valence-corrected chi connectivity index (χ3v) is 7.06. The third kappa shape index (κ3) is 5.59. The molecule has 0 fully saturated rings. The van der Waals surface area contributed by atoms with Crippen molar-refractivity contribution in [2.75, 3.05) is 5.32 Å². The Bertz CT molecular complexity index is 1070. The quantitative estimate of drug-likeness (QED) is 0.413. The van der Waals surface area contributed by atoms with Gasteiger partial charge in [0.2, 0.25) is 0 Å². The van der Waals surface area contributed by atoms with Gasteiger partial charge in [-0.25, -0.2) is 0 Å². The first-order valence-electron chi connectivity index (χ1n) is 10.4. The molecule has 0 aromatic heterocycles. The van der Waals surface area contributed by atoms with Gasteiger partial charge in [0.25, 0.3) is 5.91 Å². The summed E-state index contributed by atoms with van der Waals surface area (Å²) in [4.78, 5) is 13.6. The van der Waals surface area contributed by atoms with Gasteiger partial charge in [-0.1, -0.05) is 84.4 Å². The molecule has 3 aromatic rings. The highest BCUT2D eigenvalue weighted by molar-refractivity contribution is 8.04. The Labute approximate surface area is 192 Å². The van der Waals surface area contributed by atoms with Crippen LogP contribution in [-0.2, 0) is 11.3 Å². The zero-order valence-corrected chi connectivity index (χ0v) is 18.9. The number of anilines is 1. The first kappa shape index (κ1) is 21.7. The summed E-state index contributed by atoms with van der Waals surface area (Å²) < 4.78 is 0. The Balaban J connectivity index is 1.37. The molecule has 0 spiro atoms. The maximum absolute atomic E-state index is 12.8. The van der Waals surface area contributed by atoms with Crippen LogP contribution >= 0.6 is 23.4 Å². The summed E-state index contributed by atoms with van der Waals surface area (Å²) in [7, 11) is 0. The largest absolute Gasteiger partial charge is 0.320 e. The molecule has 31 heavy (non-hydrogen) atoms. The Morgan fingerprint density at radius 2 is 1.77 bits per heavy atom. The van der Waals surface area contributed by atoms with Crippen molar-refractivity contribution < 1.29 is 4.79 Å². The molecule has 5 heteroatoms. The van der Waals surface area contributed by atoms with Gasteiger partial charge in [-0.05, 0) is 42.2 Å². The van der Waals surface area contributed by atoms with Crippen LogP contribution in [0.5, 0.6) is 0 Å². The smallest absolute Gasteiger partial charge is 0.261 e. The van der Waals surface area contributed by atoms with Gasteiger partial charge >= 0.3 is 0 Å². The number of rotatable bonds is 7. The predicted octanol–water partition coefficient (Wildman–Crippen LogP) is 6.89. The molecule has 3 aromatic carbocycles. The van der Waals surface area contributed by atoms with E-state index in [1.807, 2.05) is 60.7 Å². The summed E-state index contributed by atoms with van der Waals surface area (Å²) in [5.41, 5.74) is 4.19. The number of allylic oxidation sites excluding steroid dienone is 1. The van der Waals surface area contributed by atoms with Gasteiger partial charge in [0, 0.05) is 17.8 Å². The van der Waals surface area contributed by atoms with Crippen LogP contribution in [0.15, 0.2) is 89.8 Å². The van der Waals surface area contributed by atoms with Crippen LogP contribution in [0, 0.1) is 0 Å². The fraction of sp³-hybridized carbons (Fsp3) is 0.192. The number of hydrogen-bond acceptors (Lipinski definition) is 3. The second-order valence-corrected chi connectivity index (χ2v) is 9.25. The van der Waals surface area contributed by atoms with Crippen molar-refractivity contribution in [1.82, 2.24) is 5.32 Å². The monoisotopic (exact) mass is 448 g/mol. The number of carbonyl (C=O) groups excluding carboxylic acids is 1. The van der Waals surface area contributed by atoms with Gasteiger partial charge in [0.05, 0.1) is 15.6 Å². The minimum absolute atomic E-state index is 0.104. The molecule has 0 bridgehead atoms. The molecule has 1 unspecified atom stereocenters. The lowest BCUT2D eigenvalue weighted by atomic mass is 10.1. The number of nitrogens with one attached hydrogen (secondary N) is 2. The SMILES string of the molecule is C[C@@H](NCc1ccc(Cl)c(NC(=O)C2=CCC(c3ccccc3)S2)c1)c1ccccc1. The lowest BCUT2D eigenvalue weighted by Crippen LogP contribution is -2.18. The molecule has 0 saturated heterocycles. The fourth-order valence-electron chi connectivity index (χ4n) is 3.57. The van der Waals surface area contributed by atoms with Crippen molar-refractivity contribution in [3.8, 4) is 0 Å². The predicted molar refractivity (Wildman–Crippen MR) is 131 cm³/mol. The number of benzene rings is 3. The molecule has 1 heterocycles. The van der Waals surface area contributed by atoms with Gasteiger partial charge in [0.15, 0.2) is 0 Å². The minimum Gasteiger partial charge on any atom is -0.320 e. The lowest BCUT2D eigenvalue weighted by molar-refractivity contribution is -0.112. The zero-order chi connectivity index (χ0) is 21.6. The van der Waals surface area contributed by atoms with Gasteiger partial charge in [-0.2, -0.15) is 0 Å². The van der Waals surface area contributed by atoms with Gasteiger partial charge in [-0.3, -0.25) is 4.79 Å². The summed E-state index contributed by atoms with van der Waals surface area (Å²) in [6, 6.07) is 26.6. The second kappa shape index (κ2) is 10.2. The van der Waals surface area contributed by atoms with E-state index in [0.29, 0.717) is 17.3 Å². The van der Waals surface area contributed by atoms with E-state index in [2.05, 4.69) is 41.8 Å². The van der Waals surface area contributed by atoms with Crippen LogP contribution in [0.2, 0.25) is 5.02 Å². The summed E-state index contributed by atoms with van der Waals surface area (Å²) >= 11 is 7.98. The average molecular weight is 449 g/mol. The minimum atomic E-state index is -0.104. The molecule has 1 aliphatic rings. The number of amides is 1. The van der Waals surface area contributed by atoms with Crippen molar-refractivity contribution in [2.24, 2.45) is 0 Å². The molecule has 3 nitrogen and oxygen atoms in total. The first-order chi connectivity index (χ1) is 15.1. The standard InChI is InChI=1S/C26H25ClN2OS/c1-18(20-8-4-2-5-9-20)28-17-19-12-13-22(27)23(16-19)29-26(30)25-15-14-24(31-25)21-10-6-3-7-11-21/h2-13,15-16,18,24,28H,14,17H2,1H3,(H,29,30)/t18-,24?/m1/s1. The molecule has 2 N–H and O–H groups in total. The van der Waals surface area contributed by atoms with E-state index in [1.54, 1.807) is 11.8 Å². The van der Waals surface area contributed by atoms with Crippen molar-refractivity contribution in [1.29, 1.82) is 0 Å². The molecule has 2 atom stereocenters. The van der Waals surface area contributed by atoms with Crippen molar-refractivity contribution >= 4 is 35.0 Å². The highest BCUT2D eigenvalue weighted by Gasteiger charge is 2.24. The van der Waals surface area contributed by atoms with E-state index in [4.69, 9.17) is 11.6 Å². The Morgan fingerprint density at radius 1 is 1.06 bits per heavy atom. The molecular weight excluding hydrogens is 424 g/mol. The summed E-state index contributed by atoms with van der Waals surface area (Å²) in [6.45, 7) is 2.82. The molecule has 4 rings (SSSR count). The van der Waals surface area contributed by atoms with Gasteiger partial charge in [-0.15, -0.1) is 11.8 Å². The molecular formula is C26H25ClN2OS. The number of hydrogen-bond donors (Lipinski definition) is 2. The van der Waals surface area contributed by atoms with Crippen molar-refractivity contribution in [3.05, 3.63) is 112 Å². The van der Waals surface area contributed by atoms with E-state index < -0.39 is 0 Å².